The summed E-state index contributed by atoms with van der Waals surface area (Å²) >= 11 is 5.64. The molecule has 0 aliphatic heterocycles. The lowest BCUT2D eigenvalue weighted by Crippen LogP contribution is -2.05. The van der Waals surface area contributed by atoms with Crippen LogP contribution in [0.3, 0.4) is 0 Å². The van der Waals surface area contributed by atoms with Crippen molar-refractivity contribution in [2.45, 2.75) is 18.8 Å². The van der Waals surface area contributed by atoms with Gasteiger partial charge in [0.25, 0.3) is 0 Å². The fourth-order valence-corrected chi connectivity index (χ4v) is 1.33. The zero-order valence-corrected chi connectivity index (χ0v) is 9.74. The van der Waals surface area contributed by atoms with Gasteiger partial charge < -0.3 is 14.0 Å². The first-order valence-electron chi connectivity index (χ1n) is 5.00. The van der Waals surface area contributed by atoms with Crippen LogP contribution in [-0.4, -0.2) is 36.5 Å². The number of hydrogen-bond acceptors (Lipinski definition) is 3. The van der Waals surface area contributed by atoms with E-state index in [4.69, 9.17) is 21.1 Å². The van der Waals surface area contributed by atoms with Crippen LogP contribution in [0.5, 0.6) is 0 Å². The zero-order valence-electron chi connectivity index (χ0n) is 8.99. The molecule has 1 aromatic heterocycles. The summed E-state index contributed by atoms with van der Waals surface area (Å²) in [4.78, 5) is 4.13. The Hall–Kier alpha value is -0.580. The van der Waals surface area contributed by atoms with E-state index in [1.54, 1.807) is 13.4 Å². The number of ether oxygens (including phenoxy) is 2. The molecule has 5 heteroatoms. The van der Waals surface area contributed by atoms with Gasteiger partial charge in [-0.15, -0.1) is 11.6 Å². The van der Waals surface area contributed by atoms with Gasteiger partial charge in [0.1, 0.15) is 0 Å². The van der Waals surface area contributed by atoms with E-state index in [1.807, 2.05) is 10.8 Å². The Balaban J connectivity index is 2.04. The van der Waals surface area contributed by atoms with Crippen molar-refractivity contribution in [2.75, 3.05) is 26.9 Å². The predicted molar refractivity (Wildman–Crippen MR) is 59.1 cm³/mol. The first kappa shape index (κ1) is 12.5. The molecular weight excluding hydrogens is 216 g/mol. The fraction of sp³-hybridized carbons (Fsp3) is 0.700. The number of halogens is 1. The van der Waals surface area contributed by atoms with E-state index < -0.39 is 0 Å². The second-order valence-electron chi connectivity index (χ2n) is 3.20. The minimum Gasteiger partial charge on any atom is -0.382 e. The second-order valence-corrected chi connectivity index (χ2v) is 3.46. The van der Waals surface area contributed by atoms with Crippen molar-refractivity contribution in [2.24, 2.45) is 0 Å². The molecule has 0 saturated heterocycles. The Kier molecular flexibility index (Phi) is 6.39. The predicted octanol–water partition coefficient (Wildman–Crippen LogP) is 1.67. The average Bonchev–Trinajstić information content (AvgIpc) is 2.71. The molecule has 0 atom stereocenters. The summed E-state index contributed by atoms with van der Waals surface area (Å²) < 4.78 is 12.2. The van der Waals surface area contributed by atoms with Crippen molar-refractivity contribution in [3.8, 4) is 0 Å². The number of methoxy groups -OCH3 is 1. The average molecular weight is 233 g/mol. The second kappa shape index (κ2) is 7.68. The first-order valence-corrected chi connectivity index (χ1v) is 5.53. The highest BCUT2D eigenvalue weighted by Gasteiger charge is 1.96. The SMILES string of the molecule is COCCOCCCn1cnc(CCl)c1. The van der Waals surface area contributed by atoms with E-state index in [0.29, 0.717) is 19.1 Å². The fourth-order valence-electron chi connectivity index (χ4n) is 1.19. The molecule has 1 heterocycles. The maximum Gasteiger partial charge on any atom is 0.0949 e. The van der Waals surface area contributed by atoms with Gasteiger partial charge >= 0.3 is 0 Å². The summed E-state index contributed by atoms with van der Waals surface area (Å²) in [5.41, 5.74) is 0.914. The molecule has 15 heavy (non-hydrogen) atoms. The number of nitrogens with zero attached hydrogens (tertiary/aromatic N) is 2. The third-order valence-corrected chi connectivity index (χ3v) is 2.23. The third kappa shape index (κ3) is 5.16. The molecule has 0 spiro atoms. The lowest BCUT2D eigenvalue weighted by molar-refractivity contribution is 0.0680. The van der Waals surface area contributed by atoms with E-state index in [1.165, 1.54) is 0 Å². The van der Waals surface area contributed by atoms with Gasteiger partial charge in [-0.25, -0.2) is 4.98 Å². The van der Waals surface area contributed by atoms with E-state index in [-0.39, 0.29) is 0 Å². The molecule has 0 amide bonds. The smallest absolute Gasteiger partial charge is 0.0949 e. The van der Waals surface area contributed by atoms with E-state index in [9.17, 15) is 0 Å². The van der Waals surface area contributed by atoms with Gasteiger partial charge in [0.15, 0.2) is 0 Å². The minimum absolute atomic E-state index is 0.470. The van der Waals surface area contributed by atoms with Crippen molar-refractivity contribution < 1.29 is 9.47 Å². The number of aryl methyl sites for hydroxylation is 1. The Bertz CT molecular complexity index is 266. The summed E-state index contributed by atoms with van der Waals surface area (Å²) in [5.74, 6) is 0.470. The van der Waals surface area contributed by atoms with Crippen LogP contribution >= 0.6 is 11.6 Å². The van der Waals surface area contributed by atoms with Gasteiger partial charge in [0, 0.05) is 26.5 Å². The Morgan fingerprint density at radius 1 is 1.40 bits per heavy atom. The number of aromatic nitrogens is 2. The summed E-state index contributed by atoms with van der Waals surface area (Å²) in [5, 5.41) is 0. The largest absolute Gasteiger partial charge is 0.382 e. The highest BCUT2D eigenvalue weighted by atomic mass is 35.5. The monoisotopic (exact) mass is 232 g/mol. The molecule has 0 N–H and O–H groups in total. The molecule has 0 aliphatic carbocycles. The van der Waals surface area contributed by atoms with Gasteiger partial charge in [0.2, 0.25) is 0 Å². The molecular formula is C10H17ClN2O2. The molecule has 0 aliphatic rings. The van der Waals surface area contributed by atoms with E-state index >= 15 is 0 Å². The van der Waals surface area contributed by atoms with Gasteiger partial charge in [-0.05, 0) is 6.42 Å². The lowest BCUT2D eigenvalue weighted by atomic mass is 10.4. The maximum atomic E-state index is 5.64. The molecule has 0 aromatic carbocycles. The van der Waals surface area contributed by atoms with Crippen LogP contribution in [0.15, 0.2) is 12.5 Å². The van der Waals surface area contributed by atoms with Gasteiger partial charge in [-0.2, -0.15) is 0 Å². The maximum absolute atomic E-state index is 5.64. The van der Waals surface area contributed by atoms with Crippen LogP contribution in [-0.2, 0) is 21.9 Å². The van der Waals surface area contributed by atoms with Gasteiger partial charge in [-0.1, -0.05) is 0 Å². The lowest BCUT2D eigenvalue weighted by Gasteiger charge is -2.03. The minimum atomic E-state index is 0.470. The summed E-state index contributed by atoms with van der Waals surface area (Å²) in [6.07, 6.45) is 4.73. The highest BCUT2D eigenvalue weighted by Crippen LogP contribution is 2.00. The molecule has 0 unspecified atom stereocenters. The molecule has 0 bridgehead atoms. The van der Waals surface area contributed by atoms with Crippen molar-refractivity contribution in [3.05, 3.63) is 18.2 Å². The Morgan fingerprint density at radius 3 is 2.93 bits per heavy atom. The summed E-state index contributed by atoms with van der Waals surface area (Å²) in [6.45, 7) is 2.98. The van der Waals surface area contributed by atoms with E-state index in [2.05, 4.69) is 4.98 Å². The first-order chi connectivity index (χ1) is 7.36. The summed E-state index contributed by atoms with van der Waals surface area (Å²) in [7, 11) is 1.67. The quantitative estimate of drug-likeness (QED) is 0.505. The summed E-state index contributed by atoms with van der Waals surface area (Å²) in [6, 6.07) is 0. The van der Waals surface area contributed by atoms with Crippen LogP contribution < -0.4 is 0 Å². The van der Waals surface area contributed by atoms with Gasteiger partial charge in [-0.3, -0.25) is 0 Å². The van der Waals surface area contributed by atoms with Crippen LogP contribution in [0.4, 0.5) is 0 Å². The number of hydrogen-bond donors (Lipinski definition) is 0. The molecule has 0 fully saturated rings. The van der Waals surface area contributed by atoms with Crippen LogP contribution in [0.25, 0.3) is 0 Å². The molecule has 4 nitrogen and oxygen atoms in total. The third-order valence-electron chi connectivity index (χ3n) is 1.96. The standard InChI is InChI=1S/C10H17ClN2O2/c1-14-5-6-15-4-2-3-13-8-10(7-11)12-9-13/h8-9H,2-7H2,1H3. The normalized spacial score (nSPS) is 10.8. The Labute approximate surface area is 95.2 Å². The van der Waals surface area contributed by atoms with Crippen molar-refractivity contribution in [1.82, 2.24) is 9.55 Å². The van der Waals surface area contributed by atoms with Crippen molar-refractivity contribution >= 4 is 11.6 Å². The van der Waals surface area contributed by atoms with Crippen LogP contribution in [0.1, 0.15) is 12.1 Å². The zero-order chi connectivity index (χ0) is 10.9. The van der Waals surface area contributed by atoms with Crippen LogP contribution in [0, 0.1) is 0 Å². The van der Waals surface area contributed by atoms with E-state index in [0.717, 1.165) is 25.3 Å². The van der Waals surface area contributed by atoms with Crippen LogP contribution in [0.2, 0.25) is 0 Å². The topological polar surface area (TPSA) is 36.3 Å². The van der Waals surface area contributed by atoms with Crippen molar-refractivity contribution in [1.29, 1.82) is 0 Å². The molecule has 1 rings (SSSR count). The molecule has 86 valence electrons. The number of imidazole rings is 1. The number of alkyl halides is 1. The number of rotatable bonds is 8. The molecule has 0 radical (unpaired) electrons. The van der Waals surface area contributed by atoms with Crippen molar-refractivity contribution in [3.63, 3.8) is 0 Å². The highest BCUT2D eigenvalue weighted by molar-refractivity contribution is 6.16. The molecule has 0 saturated carbocycles. The molecule has 1 aromatic rings. The van der Waals surface area contributed by atoms with Gasteiger partial charge in [0.05, 0.1) is 31.1 Å². The Morgan fingerprint density at radius 2 is 2.27 bits per heavy atom.